The van der Waals surface area contributed by atoms with Crippen LogP contribution in [-0.4, -0.2) is 17.5 Å². The van der Waals surface area contributed by atoms with Crippen LogP contribution in [0.5, 0.6) is 0 Å². The maximum atomic E-state index is 11.9. The van der Waals surface area contributed by atoms with Crippen LogP contribution in [-0.2, 0) is 9.53 Å². The topological polar surface area (TPSA) is 69.4 Å². The summed E-state index contributed by atoms with van der Waals surface area (Å²) in [5, 5.41) is 0. The van der Waals surface area contributed by atoms with Crippen molar-refractivity contribution in [1.82, 2.24) is 0 Å². The molecule has 18 heavy (non-hydrogen) atoms. The van der Waals surface area contributed by atoms with Crippen LogP contribution in [0.3, 0.4) is 0 Å². The van der Waals surface area contributed by atoms with Gasteiger partial charge in [-0.1, -0.05) is 18.1 Å². The third-order valence-electron chi connectivity index (χ3n) is 1.87. The predicted molar refractivity (Wildman–Crippen MR) is 67.7 cm³/mol. The van der Waals surface area contributed by atoms with Gasteiger partial charge in [-0.15, -0.1) is 0 Å². The van der Waals surface area contributed by atoms with Crippen molar-refractivity contribution < 1.29 is 14.3 Å². The zero-order valence-corrected chi connectivity index (χ0v) is 10.6. The summed E-state index contributed by atoms with van der Waals surface area (Å²) in [5.41, 5.74) is 5.10. The van der Waals surface area contributed by atoms with Gasteiger partial charge in [-0.25, -0.2) is 4.79 Å². The summed E-state index contributed by atoms with van der Waals surface area (Å²) in [6.45, 7) is 5.34. The highest BCUT2D eigenvalue weighted by Crippen LogP contribution is 2.14. The smallest absolute Gasteiger partial charge is 0.339 e. The van der Waals surface area contributed by atoms with E-state index in [4.69, 9.17) is 10.5 Å². The van der Waals surface area contributed by atoms with E-state index in [1.54, 1.807) is 45.0 Å². The number of primary amides is 1. The Morgan fingerprint density at radius 1 is 1.22 bits per heavy atom. The maximum Gasteiger partial charge on any atom is 0.339 e. The molecule has 0 heterocycles. The number of amides is 1. The molecule has 0 aromatic heterocycles. The van der Waals surface area contributed by atoms with Crippen molar-refractivity contribution in [3.63, 3.8) is 0 Å². The van der Waals surface area contributed by atoms with Gasteiger partial charge in [0.05, 0.1) is 5.56 Å². The fourth-order valence-corrected chi connectivity index (χ4v) is 1.23. The zero-order valence-electron chi connectivity index (χ0n) is 10.6. The Kier molecular flexibility index (Phi) is 4.11. The number of ether oxygens (including phenoxy) is 1. The highest BCUT2D eigenvalue weighted by atomic mass is 16.6. The van der Waals surface area contributed by atoms with Crippen molar-refractivity contribution in [2.24, 2.45) is 5.73 Å². The lowest BCUT2D eigenvalue weighted by atomic mass is 10.1. The quantitative estimate of drug-likeness (QED) is 0.601. The van der Waals surface area contributed by atoms with Gasteiger partial charge < -0.3 is 10.5 Å². The van der Waals surface area contributed by atoms with Crippen molar-refractivity contribution in [2.45, 2.75) is 26.4 Å². The van der Waals surface area contributed by atoms with Crippen LogP contribution in [0.4, 0.5) is 0 Å². The molecule has 1 rings (SSSR count). The Bertz CT molecular complexity index is 530. The summed E-state index contributed by atoms with van der Waals surface area (Å²) in [6.07, 6.45) is 0. The average molecular weight is 245 g/mol. The molecule has 4 nitrogen and oxygen atoms in total. The van der Waals surface area contributed by atoms with Crippen LogP contribution < -0.4 is 5.73 Å². The summed E-state index contributed by atoms with van der Waals surface area (Å²) in [4.78, 5) is 22.5. The van der Waals surface area contributed by atoms with E-state index >= 15 is 0 Å². The van der Waals surface area contributed by atoms with Crippen molar-refractivity contribution in [3.8, 4) is 11.8 Å². The Balaban J connectivity index is 3.07. The van der Waals surface area contributed by atoms with Crippen LogP contribution in [0.25, 0.3) is 0 Å². The first-order chi connectivity index (χ1) is 8.29. The molecule has 2 N–H and O–H groups in total. The van der Waals surface area contributed by atoms with Crippen molar-refractivity contribution in [3.05, 3.63) is 35.4 Å². The summed E-state index contributed by atoms with van der Waals surface area (Å²) < 4.78 is 5.25. The van der Waals surface area contributed by atoms with Crippen LogP contribution in [0, 0.1) is 11.8 Å². The molecule has 0 aliphatic carbocycles. The number of nitrogens with two attached hydrogens (primary N) is 1. The molecule has 0 fully saturated rings. The van der Waals surface area contributed by atoms with E-state index < -0.39 is 17.5 Å². The molecule has 0 spiro atoms. The first-order valence-corrected chi connectivity index (χ1v) is 5.43. The standard InChI is InChI=1S/C14H15NO3/c1-14(2,3)18-13(17)11-7-5-4-6-10(11)8-9-12(15)16/h4-7H,1-3H3,(H2,15,16). The second kappa shape index (κ2) is 5.37. The lowest BCUT2D eigenvalue weighted by Gasteiger charge is -2.19. The Morgan fingerprint density at radius 2 is 1.83 bits per heavy atom. The first-order valence-electron chi connectivity index (χ1n) is 5.43. The predicted octanol–water partition coefficient (Wildman–Crippen LogP) is 1.48. The molecule has 0 saturated heterocycles. The summed E-state index contributed by atoms with van der Waals surface area (Å²) in [7, 11) is 0. The lowest BCUT2D eigenvalue weighted by Crippen LogP contribution is -2.24. The van der Waals surface area contributed by atoms with Gasteiger partial charge in [0.2, 0.25) is 0 Å². The number of carbonyl (C=O) groups is 2. The summed E-state index contributed by atoms with van der Waals surface area (Å²) in [5.74, 6) is 3.54. The molecular weight excluding hydrogens is 230 g/mol. The van der Waals surface area contributed by atoms with E-state index in [9.17, 15) is 9.59 Å². The Labute approximate surface area is 106 Å². The number of benzene rings is 1. The Morgan fingerprint density at radius 3 is 2.39 bits per heavy atom. The van der Waals surface area contributed by atoms with E-state index in [1.807, 2.05) is 0 Å². The third kappa shape index (κ3) is 4.30. The molecule has 4 heteroatoms. The van der Waals surface area contributed by atoms with Gasteiger partial charge in [0.15, 0.2) is 0 Å². The fraction of sp³-hybridized carbons (Fsp3) is 0.286. The van der Waals surface area contributed by atoms with E-state index in [-0.39, 0.29) is 0 Å². The Hall–Kier alpha value is -2.28. The number of hydrogen-bond donors (Lipinski definition) is 1. The molecule has 94 valence electrons. The normalized spacial score (nSPS) is 10.2. The molecule has 0 saturated carbocycles. The van der Waals surface area contributed by atoms with E-state index in [0.29, 0.717) is 11.1 Å². The molecule has 1 amide bonds. The summed E-state index contributed by atoms with van der Waals surface area (Å²) in [6, 6.07) is 6.65. The van der Waals surface area contributed by atoms with Crippen molar-refractivity contribution >= 4 is 11.9 Å². The van der Waals surface area contributed by atoms with E-state index in [2.05, 4.69) is 11.8 Å². The molecule has 0 unspecified atom stereocenters. The molecule has 0 aliphatic heterocycles. The molecule has 0 aliphatic rings. The molecule has 0 bridgehead atoms. The van der Waals surface area contributed by atoms with Crippen molar-refractivity contribution in [1.29, 1.82) is 0 Å². The minimum absolute atomic E-state index is 0.321. The van der Waals surface area contributed by atoms with Gasteiger partial charge in [0.1, 0.15) is 5.60 Å². The van der Waals surface area contributed by atoms with Gasteiger partial charge in [-0.3, -0.25) is 4.79 Å². The summed E-state index contributed by atoms with van der Waals surface area (Å²) >= 11 is 0. The number of rotatable bonds is 1. The molecule has 1 aromatic rings. The van der Waals surface area contributed by atoms with Gasteiger partial charge >= 0.3 is 5.97 Å². The van der Waals surface area contributed by atoms with Crippen LogP contribution in [0.2, 0.25) is 0 Å². The average Bonchev–Trinajstić information content (AvgIpc) is 2.24. The highest BCUT2D eigenvalue weighted by molar-refractivity contribution is 5.95. The SMILES string of the molecule is CC(C)(C)OC(=O)c1ccccc1C#CC(N)=O. The third-order valence-corrected chi connectivity index (χ3v) is 1.87. The van der Waals surface area contributed by atoms with Gasteiger partial charge in [0, 0.05) is 11.5 Å². The van der Waals surface area contributed by atoms with Gasteiger partial charge in [-0.05, 0) is 32.9 Å². The number of hydrogen-bond acceptors (Lipinski definition) is 3. The number of esters is 1. The highest BCUT2D eigenvalue weighted by Gasteiger charge is 2.19. The zero-order chi connectivity index (χ0) is 13.8. The first kappa shape index (κ1) is 13.8. The fourth-order valence-electron chi connectivity index (χ4n) is 1.23. The largest absolute Gasteiger partial charge is 0.456 e. The van der Waals surface area contributed by atoms with E-state index in [1.165, 1.54) is 0 Å². The molecule has 0 radical (unpaired) electrons. The second-order valence-electron chi connectivity index (χ2n) is 4.66. The lowest BCUT2D eigenvalue weighted by molar-refractivity contribution is -0.112. The van der Waals surface area contributed by atoms with Crippen LogP contribution >= 0.6 is 0 Å². The molecule has 0 atom stereocenters. The van der Waals surface area contributed by atoms with Crippen molar-refractivity contribution in [2.75, 3.05) is 0 Å². The van der Waals surface area contributed by atoms with Gasteiger partial charge in [0.25, 0.3) is 5.91 Å². The van der Waals surface area contributed by atoms with Gasteiger partial charge in [-0.2, -0.15) is 0 Å². The maximum absolute atomic E-state index is 11.9. The van der Waals surface area contributed by atoms with Crippen LogP contribution in [0.15, 0.2) is 24.3 Å². The molecular formula is C14H15NO3. The van der Waals surface area contributed by atoms with Crippen LogP contribution in [0.1, 0.15) is 36.7 Å². The van der Waals surface area contributed by atoms with E-state index in [0.717, 1.165) is 0 Å². The second-order valence-corrected chi connectivity index (χ2v) is 4.66. The minimum Gasteiger partial charge on any atom is -0.456 e. The minimum atomic E-state index is -0.742. The number of carbonyl (C=O) groups excluding carboxylic acids is 2. The molecule has 1 aromatic carbocycles. The monoisotopic (exact) mass is 245 g/mol.